The van der Waals surface area contributed by atoms with E-state index in [0.29, 0.717) is 48.9 Å². The minimum absolute atomic E-state index is 0.0758. The number of aliphatic hydroxyl groups is 13. The van der Waals surface area contributed by atoms with E-state index in [1.807, 2.05) is 0 Å². The molecule has 4 saturated carbocycles. The first-order valence-corrected chi connectivity index (χ1v) is 26.8. The molecule has 23 nitrogen and oxygen atoms in total. The number of fused-ring (bicyclic) bond motifs is 7. The van der Waals surface area contributed by atoms with Crippen LogP contribution < -0.4 is 0 Å². The highest BCUT2D eigenvalue weighted by molar-refractivity contribution is 5.16. The number of aliphatic hydroxyl groups excluding tert-OH is 13. The Kier molecular flexibility index (Phi) is 16.1. The van der Waals surface area contributed by atoms with E-state index in [2.05, 4.69) is 27.7 Å². The van der Waals surface area contributed by atoms with Crippen molar-refractivity contribution >= 4 is 0 Å². The van der Waals surface area contributed by atoms with Crippen LogP contribution in [0.3, 0.4) is 0 Å². The standard InChI is InChI=1S/C50H82O23/c1-19-5-10-50(65-17-19)20(2)32-28(73-50)13-24-22-12-26(54)25-11-21(6-8-48(25,3)23(22)7-9-49(24,32)4)66-45-40(63)37(60)41(31(16-53)69-45)70-47-43(72-46-39(62)36(59)34(57)29(14-51)67-46)42(35(58)30(15-52)68-47)71-44-38(61)33(56)27(55)18-64-44/h19-47,51-63H,5-18H2,1-4H3/t19?,20-,21-,22?,23?,24?,25?,26+,27+,28-,29+,30+,31+,32-,33-,34+,35+,36-,37+,38+,39+,40+,41-,42-,43+,44-,45+,46-,47-,48+,49-,50+/m0/s1. The Balaban J connectivity index is 0.822. The van der Waals surface area contributed by atoms with Crippen LogP contribution in [-0.2, 0) is 47.4 Å². The summed E-state index contributed by atoms with van der Waals surface area (Å²) in [6, 6.07) is 0. The molecule has 6 heterocycles. The zero-order valence-corrected chi connectivity index (χ0v) is 42.0. The van der Waals surface area contributed by atoms with Crippen LogP contribution >= 0.6 is 0 Å². The van der Waals surface area contributed by atoms with Gasteiger partial charge in [0, 0.05) is 12.3 Å². The van der Waals surface area contributed by atoms with Gasteiger partial charge in [-0.1, -0.05) is 27.7 Å². The van der Waals surface area contributed by atoms with Crippen LogP contribution in [0.4, 0.5) is 0 Å². The smallest absolute Gasteiger partial charge is 0.187 e. The van der Waals surface area contributed by atoms with Crippen molar-refractivity contribution in [2.45, 2.75) is 226 Å². The molecule has 420 valence electrons. The Labute approximate surface area is 424 Å². The molecule has 0 aromatic rings. The first-order chi connectivity index (χ1) is 34.7. The van der Waals surface area contributed by atoms with Gasteiger partial charge in [0.1, 0.15) is 91.6 Å². The summed E-state index contributed by atoms with van der Waals surface area (Å²) in [5, 5.41) is 141. The molecule has 1 spiro atoms. The van der Waals surface area contributed by atoms with Crippen molar-refractivity contribution in [1.29, 1.82) is 0 Å². The summed E-state index contributed by atoms with van der Waals surface area (Å²) in [5.74, 6) is 1.71. The Morgan fingerprint density at radius 1 is 0.493 bits per heavy atom. The van der Waals surface area contributed by atoms with Gasteiger partial charge in [-0.25, -0.2) is 0 Å². The third-order valence-electron chi connectivity index (χ3n) is 20.0. The Hall–Kier alpha value is -0.920. The molecule has 0 aromatic heterocycles. The molecular formula is C50H82O23. The minimum Gasteiger partial charge on any atom is -0.394 e. The van der Waals surface area contributed by atoms with E-state index in [0.717, 1.165) is 45.1 Å². The van der Waals surface area contributed by atoms with Crippen LogP contribution in [0.25, 0.3) is 0 Å². The van der Waals surface area contributed by atoms with Gasteiger partial charge in [0.2, 0.25) is 0 Å². The highest BCUT2D eigenvalue weighted by Crippen LogP contribution is 2.71. The summed E-state index contributed by atoms with van der Waals surface area (Å²) in [7, 11) is 0. The third kappa shape index (κ3) is 9.49. The molecule has 5 unspecified atom stereocenters. The summed E-state index contributed by atoms with van der Waals surface area (Å²) < 4.78 is 61.2. The van der Waals surface area contributed by atoms with Crippen molar-refractivity contribution in [3.63, 3.8) is 0 Å². The number of hydrogen-bond acceptors (Lipinski definition) is 23. The van der Waals surface area contributed by atoms with Crippen molar-refractivity contribution in [3.05, 3.63) is 0 Å². The molecule has 4 aliphatic carbocycles. The first kappa shape index (κ1) is 55.4. The van der Waals surface area contributed by atoms with Gasteiger partial charge in [-0.05, 0) is 97.7 Å². The lowest BCUT2D eigenvalue weighted by Crippen LogP contribution is -2.68. The van der Waals surface area contributed by atoms with E-state index in [1.165, 1.54) is 0 Å². The highest BCUT2D eigenvalue weighted by atomic mass is 16.8. The minimum atomic E-state index is -2.01. The summed E-state index contributed by atoms with van der Waals surface area (Å²) in [6.45, 7) is 7.00. The summed E-state index contributed by atoms with van der Waals surface area (Å²) in [4.78, 5) is 0. The first-order valence-electron chi connectivity index (χ1n) is 26.8. The Bertz CT molecular complexity index is 1860. The molecule has 6 saturated heterocycles. The number of rotatable bonds is 11. The maximum atomic E-state index is 12.1. The van der Waals surface area contributed by atoms with Gasteiger partial charge < -0.3 is 114 Å². The van der Waals surface area contributed by atoms with Gasteiger partial charge >= 0.3 is 0 Å². The fraction of sp³-hybridized carbons (Fsp3) is 1.00. The van der Waals surface area contributed by atoms with E-state index in [-0.39, 0.29) is 28.8 Å². The topological polar surface area (TPSA) is 355 Å². The van der Waals surface area contributed by atoms with Crippen molar-refractivity contribution in [1.82, 2.24) is 0 Å². The van der Waals surface area contributed by atoms with Crippen LogP contribution in [0.15, 0.2) is 0 Å². The molecule has 0 amide bonds. The zero-order chi connectivity index (χ0) is 52.2. The highest BCUT2D eigenvalue weighted by Gasteiger charge is 2.70. The molecule has 6 aliphatic heterocycles. The SMILES string of the molecule is CC1CC[C@@]2(OC1)O[C@H]1CC3C4C[C@@H](O)C5C[C@@H](O[C@@H]6O[C@H](CO)[C@H](O[C@@H]7O[C@H](CO)[C@@H](O)[C@H](O[C@@H]8OC[C@@H](O)[C@H](O)[C@H]8O)[C@H]7O[C@@H]7O[C@H](CO)[C@@H](O)[C@H](O)[C@H]7O)[C@H](O)[C@H]6O)CC[C@]5(C)C4CC[C@]3(C)[C@H]1[C@@H]2C. The predicted octanol–water partition coefficient (Wildman–Crippen LogP) is -3.30. The Morgan fingerprint density at radius 3 is 1.81 bits per heavy atom. The van der Waals surface area contributed by atoms with Crippen LogP contribution in [-0.4, -0.2) is 240 Å². The second-order valence-electron chi connectivity index (χ2n) is 24.0. The summed E-state index contributed by atoms with van der Waals surface area (Å²) in [6.07, 6.45) is -26.8. The molecule has 32 atom stereocenters. The monoisotopic (exact) mass is 1050 g/mol. The van der Waals surface area contributed by atoms with Gasteiger partial charge in [0.25, 0.3) is 0 Å². The second-order valence-corrected chi connectivity index (χ2v) is 24.0. The molecule has 13 N–H and O–H groups in total. The second kappa shape index (κ2) is 21.3. The molecule has 0 bridgehead atoms. The lowest BCUT2D eigenvalue weighted by atomic mass is 9.43. The lowest BCUT2D eigenvalue weighted by Gasteiger charge is -2.62. The molecule has 10 rings (SSSR count). The largest absolute Gasteiger partial charge is 0.394 e. The third-order valence-corrected chi connectivity index (χ3v) is 20.0. The van der Waals surface area contributed by atoms with E-state index in [1.54, 1.807) is 0 Å². The van der Waals surface area contributed by atoms with Crippen molar-refractivity contribution in [3.8, 4) is 0 Å². The van der Waals surface area contributed by atoms with Crippen LogP contribution in [0.1, 0.15) is 85.5 Å². The van der Waals surface area contributed by atoms with E-state index >= 15 is 0 Å². The number of hydrogen-bond donors (Lipinski definition) is 13. The van der Waals surface area contributed by atoms with E-state index in [9.17, 15) is 66.4 Å². The van der Waals surface area contributed by atoms with Gasteiger partial charge in [-0.3, -0.25) is 0 Å². The molecule has 10 aliphatic rings. The van der Waals surface area contributed by atoms with Crippen LogP contribution in [0.5, 0.6) is 0 Å². The molecule has 0 aromatic carbocycles. The average Bonchev–Trinajstić information content (AvgIpc) is 3.82. The maximum absolute atomic E-state index is 12.1. The van der Waals surface area contributed by atoms with Crippen molar-refractivity contribution in [2.24, 2.45) is 52.3 Å². The summed E-state index contributed by atoms with van der Waals surface area (Å²) in [5.41, 5.74) is -0.111. The quantitative estimate of drug-likeness (QED) is 0.0902. The molecule has 10 fully saturated rings. The Morgan fingerprint density at radius 2 is 1.11 bits per heavy atom. The molecular weight excluding hydrogens is 969 g/mol. The molecule has 73 heavy (non-hydrogen) atoms. The van der Waals surface area contributed by atoms with Gasteiger partial charge in [0.15, 0.2) is 30.9 Å². The average molecular weight is 1050 g/mol. The van der Waals surface area contributed by atoms with Crippen molar-refractivity contribution in [2.75, 3.05) is 33.0 Å². The zero-order valence-electron chi connectivity index (χ0n) is 42.0. The van der Waals surface area contributed by atoms with Crippen molar-refractivity contribution < 1.29 is 114 Å². The van der Waals surface area contributed by atoms with E-state index < -0.39 is 161 Å². The van der Waals surface area contributed by atoms with Crippen LogP contribution in [0.2, 0.25) is 0 Å². The molecule has 23 heteroatoms. The fourth-order valence-corrected chi connectivity index (χ4v) is 15.9. The normalized spacial score (nSPS) is 58.2. The van der Waals surface area contributed by atoms with Gasteiger partial charge in [-0.2, -0.15) is 0 Å². The predicted molar refractivity (Wildman–Crippen MR) is 244 cm³/mol. The number of ether oxygens (including phenoxy) is 10. The van der Waals surface area contributed by atoms with Gasteiger partial charge in [0.05, 0.1) is 51.3 Å². The van der Waals surface area contributed by atoms with Crippen LogP contribution in [0, 0.1) is 52.3 Å². The molecule has 0 radical (unpaired) electrons. The lowest BCUT2D eigenvalue weighted by molar-refractivity contribution is -0.404. The van der Waals surface area contributed by atoms with E-state index in [4.69, 9.17) is 47.4 Å². The maximum Gasteiger partial charge on any atom is 0.187 e. The fourth-order valence-electron chi connectivity index (χ4n) is 15.9. The van der Waals surface area contributed by atoms with Gasteiger partial charge in [-0.15, -0.1) is 0 Å². The summed E-state index contributed by atoms with van der Waals surface area (Å²) >= 11 is 0.